The molecule has 0 aliphatic heterocycles. The summed E-state index contributed by atoms with van der Waals surface area (Å²) < 4.78 is 12.0. The van der Waals surface area contributed by atoms with Crippen LogP contribution >= 0.6 is 22.6 Å². The summed E-state index contributed by atoms with van der Waals surface area (Å²) in [7, 11) is 1.73. The van der Waals surface area contributed by atoms with Gasteiger partial charge in [0.2, 0.25) is 0 Å². The highest BCUT2D eigenvalue weighted by Crippen LogP contribution is 2.15. The van der Waals surface area contributed by atoms with E-state index in [2.05, 4.69) is 22.6 Å². The second-order valence-electron chi connectivity index (χ2n) is 4.51. The highest BCUT2D eigenvalue weighted by Gasteiger charge is 2.12. The number of rotatable bonds is 5. The van der Waals surface area contributed by atoms with E-state index in [4.69, 9.17) is 9.15 Å². The largest absolute Gasteiger partial charge is 0.484 e. The highest BCUT2D eigenvalue weighted by molar-refractivity contribution is 14.1. The van der Waals surface area contributed by atoms with Crippen LogP contribution < -0.4 is 4.74 Å². The number of hydrogen-bond donors (Lipinski definition) is 0. The molecule has 1 aromatic carbocycles. The van der Waals surface area contributed by atoms with Gasteiger partial charge in [-0.1, -0.05) is 6.07 Å². The van der Waals surface area contributed by atoms with E-state index in [1.54, 1.807) is 11.9 Å². The van der Waals surface area contributed by atoms with E-state index in [-0.39, 0.29) is 12.5 Å². The number of nitrogens with zero attached hydrogens (tertiary/aromatic N) is 1. The maximum Gasteiger partial charge on any atom is 0.260 e. The molecule has 0 aliphatic carbocycles. The summed E-state index contributed by atoms with van der Waals surface area (Å²) >= 11 is 2.21. The summed E-state index contributed by atoms with van der Waals surface area (Å²) in [5.41, 5.74) is 0. The van der Waals surface area contributed by atoms with Gasteiger partial charge in [-0.05, 0) is 59.8 Å². The molecular formula is C15H16INO3. The van der Waals surface area contributed by atoms with E-state index in [1.165, 1.54) is 0 Å². The van der Waals surface area contributed by atoms with Gasteiger partial charge in [0, 0.05) is 10.6 Å². The molecule has 0 saturated carbocycles. The molecule has 0 bridgehead atoms. The Morgan fingerprint density at radius 3 is 2.80 bits per heavy atom. The van der Waals surface area contributed by atoms with Crippen molar-refractivity contribution in [1.82, 2.24) is 4.90 Å². The van der Waals surface area contributed by atoms with Crippen molar-refractivity contribution in [2.75, 3.05) is 13.7 Å². The minimum Gasteiger partial charge on any atom is -0.484 e. The van der Waals surface area contributed by atoms with Crippen LogP contribution in [0, 0.1) is 10.5 Å². The van der Waals surface area contributed by atoms with Crippen LogP contribution in [0.3, 0.4) is 0 Å². The smallest absolute Gasteiger partial charge is 0.260 e. The SMILES string of the molecule is Cc1ccc(CN(C)C(=O)COc2cccc(I)c2)o1. The molecular weight excluding hydrogens is 369 g/mol. The summed E-state index contributed by atoms with van der Waals surface area (Å²) in [6.07, 6.45) is 0. The molecule has 1 heterocycles. The van der Waals surface area contributed by atoms with Crippen LogP contribution in [0.2, 0.25) is 0 Å². The predicted octanol–water partition coefficient (Wildman–Crippen LogP) is 3.23. The number of likely N-dealkylation sites (N-methyl/N-ethyl adjacent to an activating group) is 1. The fourth-order valence-corrected chi connectivity index (χ4v) is 2.22. The minimum atomic E-state index is -0.0853. The quantitative estimate of drug-likeness (QED) is 0.743. The topological polar surface area (TPSA) is 42.7 Å². The lowest BCUT2D eigenvalue weighted by molar-refractivity contribution is -0.132. The predicted molar refractivity (Wildman–Crippen MR) is 84.6 cm³/mol. The van der Waals surface area contributed by atoms with E-state index in [9.17, 15) is 4.79 Å². The molecule has 0 N–H and O–H groups in total. The van der Waals surface area contributed by atoms with Crippen molar-refractivity contribution in [3.63, 3.8) is 0 Å². The van der Waals surface area contributed by atoms with Crippen molar-refractivity contribution < 1.29 is 13.9 Å². The fourth-order valence-electron chi connectivity index (χ4n) is 1.70. The molecule has 2 rings (SSSR count). The van der Waals surface area contributed by atoms with E-state index < -0.39 is 0 Å². The maximum absolute atomic E-state index is 12.0. The Hall–Kier alpha value is -1.50. The standard InChI is InChI=1S/C15H16INO3/c1-11-6-7-14(20-11)9-17(2)15(18)10-19-13-5-3-4-12(16)8-13/h3-8H,9-10H2,1-2H3. The first-order chi connectivity index (χ1) is 9.54. The van der Waals surface area contributed by atoms with Crippen LogP contribution in [0.4, 0.5) is 0 Å². The number of carbonyl (C=O) groups excluding carboxylic acids is 1. The maximum atomic E-state index is 12.0. The Labute approximate surface area is 131 Å². The van der Waals surface area contributed by atoms with Crippen LogP contribution in [0.1, 0.15) is 11.5 Å². The summed E-state index contributed by atoms with van der Waals surface area (Å²) in [5.74, 6) is 2.23. The third-order valence-corrected chi connectivity index (χ3v) is 3.44. The van der Waals surface area contributed by atoms with Gasteiger partial charge in [-0.3, -0.25) is 4.79 Å². The van der Waals surface area contributed by atoms with Crippen LogP contribution in [-0.2, 0) is 11.3 Å². The van der Waals surface area contributed by atoms with Gasteiger partial charge < -0.3 is 14.1 Å². The van der Waals surface area contributed by atoms with E-state index in [0.29, 0.717) is 12.3 Å². The van der Waals surface area contributed by atoms with Gasteiger partial charge in [-0.2, -0.15) is 0 Å². The van der Waals surface area contributed by atoms with E-state index in [1.807, 2.05) is 43.3 Å². The third kappa shape index (κ3) is 4.26. The average Bonchev–Trinajstić information content (AvgIpc) is 2.81. The number of benzene rings is 1. The Morgan fingerprint density at radius 2 is 2.15 bits per heavy atom. The van der Waals surface area contributed by atoms with Crippen LogP contribution in [-0.4, -0.2) is 24.5 Å². The minimum absolute atomic E-state index is 0.0241. The first-order valence-corrected chi connectivity index (χ1v) is 7.30. The van der Waals surface area contributed by atoms with Gasteiger partial charge in [-0.15, -0.1) is 0 Å². The molecule has 2 aromatic rings. The highest BCUT2D eigenvalue weighted by atomic mass is 127. The second kappa shape index (κ2) is 6.78. The second-order valence-corrected chi connectivity index (χ2v) is 5.75. The molecule has 106 valence electrons. The van der Waals surface area contributed by atoms with Gasteiger partial charge in [0.25, 0.3) is 5.91 Å². The van der Waals surface area contributed by atoms with Gasteiger partial charge in [0.05, 0.1) is 6.54 Å². The summed E-state index contributed by atoms with van der Waals surface area (Å²) in [6, 6.07) is 11.4. The Morgan fingerprint density at radius 1 is 1.35 bits per heavy atom. The van der Waals surface area contributed by atoms with Crippen molar-refractivity contribution in [3.8, 4) is 5.75 Å². The lowest BCUT2D eigenvalue weighted by Gasteiger charge is -2.16. The molecule has 0 radical (unpaired) electrons. The van der Waals surface area contributed by atoms with Crippen LogP contribution in [0.25, 0.3) is 0 Å². The van der Waals surface area contributed by atoms with Gasteiger partial charge in [0.1, 0.15) is 17.3 Å². The Kier molecular flexibility index (Phi) is 5.05. The first-order valence-electron chi connectivity index (χ1n) is 6.22. The van der Waals surface area contributed by atoms with Crippen molar-refractivity contribution in [2.45, 2.75) is 13.5 Å². The van der Waals surface area contributed by atoms with E-state index in [0.717, 1.165) is 15.1 Å². The monoisotopic (exact) mass is 385 g/mol. The van der Waals surface area contributed by atoms with Gasteiger partial charge in [0.15, 0.2) is 6.61 Å². The lowest BCUT2D eigenvalue weighted by atomic mass is 10.3. The van der Waals surface area contributed by atoms with Crippen molar-refractivity contribution in [3.05, 3.63) is 51.5 Å². The van der Waals surface area contributed by atoms with Crippen molar-refractivity contribution in [2.24, 2.45) is 0 Å². The summed E-state index contributed by atoms with van der Waals surface area (Å²) in [4.78, 5) is 13.6. The molecule has 1 aromatic heterocycles. The van der Waals surface area contributed by atoms with E-state index >= 15 is 0 Å². The number of aryl methyl sites for hydroxylation is 1. The molecule has 5 heteroatoms. The van der Waals surface area contributed by atoms with Crippen molar-refractivity contribution >= 4 is 28.5 Å². The zero-order valence-electron chi connectivity index (χ0n) is 11.4. The summed E-state index contributed by atoms with van der Waals surface area (Å²) in [5, 5.41) is 0. The molecule has 0 saturated heterocycles. The molecule has 1 amide bonds. The zero-order chi connectivity index (χ0) is 14.5. The molecule has 20 heavy (non-hydrogen) atoms. The first kappa shape index (κ1) is 14.9. The molecule has 0 atom stereocenters. The molecule has 4 nitrogen and oxygen atoms in total. The van der Waals surface area contributed by atoms with Gasteiger partial charge >= 0.3 is 0 Å². The van der Waals surface area contributed by atoms with Crippen LogP contribution in [0.5, 0.6) is 5.75 Å². The average molecular weight is 385 g/mol. The van der Waals surface area contributed by atoms with Crippen molar-refractivity contribution in [1.29, 1.82) is 0 Å². The number of ether oxygens (including phenoxy) is 1. The molecule has 0 unspecified atom stereocenters. The number of carbonyl (C=O) groups is 1. The number of amides is 1. The zero-order valence-corrected chi connectivity index (χ0v) is 13.6. The normalized spacial score (nSPS) is 10.3. The molecule has 0 fully saturated rings. The number of furan rings is 1. The number of hydrogen-bond acceptors (Lipinski definition) is 3. The Bertz CT molecular complexity index is 594. The molecule has 0 spiro atoms. The lowest BCUT2D eigenvalue weighted by Crippen LogP contribution is -2.30. The summed E-state index contributed by atoms with van der Waals surface area (Å²) in [6.45, 7) is 2.35. The Balaban J connectivity index is 1.85. The number of halogens is 1. The fraction of sp³-hybridized carbons (Fsp3) is 0.267. The van der Waals surface area contributed by atoms with Crippen LogP contribution in [0.15, 0.2) is 40.8 Å². The molecule has 0 aliphatic rings. The third-order valence-electron chi connectivity index (χ3n) is 2.77. The van der Waals surface area contributed by atoms with Gasteiger partial charge in [-0.25, -0.2) is 0 Å².